The van der Waals surface area contributed by atoms with E-state index in [4.69, 9.17) is 9.47 Å². The number of amides is 2. The maximum atomic E-state index is 13.6. The Kier molecular flexibility index (Phi) is 7.56. The van der Waals surface area contributed by atoms with Crippen LogP contribution in [-0.4, -0.2) is 67.1 Å². The summed E-state index contributed by atoms with van der Waals surface area (Å²) in [5.41, 5.74) is 0.906. The molecule has 36 heavy (non-hydrogen) atoms. The van der Waals surface area contributed by atoms with Crippen LogP contribution in [0.2, 0.25) is 0 Å². The number of benzene rings is 2. The van der Waals surface area contributed by atoms with Crippen molar-refractivity contribution < 1.29 is 23.5 Å². The average Bonchev–Trinajstić information content (AvgIpc) is 3.37. The highest BCUT2D eigenvalue weighted by Gasteiger charge is 2.38. The summed E-state index contributed by atoms with van der Waals surface area (Å²) in [6.07, 6.45) is 6.54. The Labute approximate surface area is 212 Å². The summed E-state index contributed by atoms with van der Waals surface area (Å²) in [7, 11) is 0. The van der Waals surface area contributed by atoms with Gasteiger partial charge in [0.15, 0.2) is 0 Å². The smallest absolute Gasteiger partial charge is 0.257 e. The van der Waals surface area contributed by atoms with Crippen molar-refractivity contribution in [3.63, 3.8) is 0 Å². The van der Waals surface area contributed by atoms with Gasteiger partial charge in [0.05, 0.1) is 24.8 Å². The number of hydrogen-bond donors (Lipinski definition) is 0. The SMILES string of the molecule is O=C(c1cccc(F)c1)N1CCC2(CCCCOC[C@@H]3CCCN3C(=O)c3ccccc3OC2)CC1. The lowest BCUT2D eigenvalue weighted by Gasteiger charge is -2.42. The van der Waals surface area contributed by atoms with E-state index in [0.717, 1.165) is 51.5 Å². The zero-order valence-electron chi connectivity index (χ0n) is 20.8. The van der Waals surface area contributed by atoms with Crippen molar-refractivity contribution in [2.45, 2.75) is 51.0 Å². The molecule has 2 amide bonds. The molecule has 1 atom stereocenters. The third-order valence-corrected chi connectivity index (χ3v) is 8.03. The molecule has 1 spiro atoms. The molecule has 0 saturated carbocycles. The van der Waals surface area contributed by atoms with Gasteiger partial charge in [-0.05, 0) is 68.9 Å². The zero-order chi connectivity index (χ0) is 25.0. The first-order valence-electron chi connectivity index (χ1n) is 13.2. The molecule has 5 rings (SSSR count). The summed E-state index contributed by atoms with van der Waals surface area (Å²) in [5.74, 6) is 0.113. The van der Waals surface area contributed by atoms with E-state index in [0.29, 0.717) is 49.8 Å². The van der Waals surface area contributed by atoms with Crippen molar-refractivity contribution in [1.29, 1.82) is 0 Å². The van der Waals surface area contributed by atoms with Gasteiger partial charge in [0.1, 0.15) is 11.6 Å². The van der Waals surface area contributed by atoms with Crippen LogP contribution in [0.5, 0.6) is 5.75 Å². The van der Waals surface area contributed by atoms with Gasteiger partial charge in [-0.15, -0.1) is 0 Å². The summed E-state index contributed by atoms with van der Waals surface area (Å²) in [6, 6.07) is 13.6. The minimum Gasteiger partial charge on any atom is -0.492 e. The van der Waals surface area contributed by atoms with Crippen LogP contribution in [0.1, 0.15) is 65.7 Å². The van der Waals surface area contributed by atoms with Crippen molar-refractivity contribution in [1.82, 2.24) is 9.80 Å². The molecule has 0 aliphatic carbocycles. The fraction of sp³-hybridized carbons (Fsp3) is 0.517. The van der Waals surface area contributed by atoms with Crippen LogP contribution in [0.25, 0.3) is 0 Å². The van der Waals surface area contributed by atoms with Crippen LogP contribution in [-0.2, 0) is 4.74 Å². The Morgan fingerprint density at radius 2 is 1.81 bits per heavy atom. The lowest BCUT2D eigenvalue weighted by molar-refractivity contribution is 0.0303. The first-order valence-corrected chi connectivity index (χ1v) is 13.2. The van der Waals surface area contributed by atoms with Crippen LogP contribution in [0.3, 0.4) is 0 Å². The number of likely N-dealkylation sites (tertiary alicyclic amines) is 1. The van der Waals surface area contributed by atoms with Crippen LogP contribution in [0.4, 0.5) is 4.39 Å². The monoisotopic (exact) mass is 494 g/mol. The van der Waals surface area contributed by atoms with Crippen molar-refractivity contribution in [2.75, 3.05) is 39.5 Å². The Bertz CT molecular complexity index is 1080. The van der Waals surface area contributed by atoms with Gasteiger partial charge in [-0.1, -0.05) is 24.6 Å². The minimum absolute atomic E-state index is 0.0123. The molecule has 0 bridgehead atoms. The second-order valence-corrected chi connectivity index (χ2v) is 10.4. The Morgan fingerprint density at radius 1 is 0.972 bits per heavy atom. The van der Waals surface area contributed by atoms with Gasteiger partial charge in [0.2, 0.25) is 0 Å². The van der Waals surface area contributed by atoms with Crippen molar-refractivity contribution in [2.24, 2.45) is 5.41 Å². The van der Waals surface area contributed by atoms with E-state index in [9.17, 15) is 14.0 Å². The predicted octanol–water partition coefficient (Wildman–Crippen LogP) is 4.93. The normalized spacial score (nSPS) is 22.9. The van der Waals surface area contributed by atoms with Crippen LogP contribution in [0.15, 0.2) is 48.5 Å². The highest BCUT2D eigenvalue weighted by Crippen LogP contribution is 2.38. The second-order valence-electron chi connectivity index (χ2n) is 10.4. The third-order valence-electron chi connectivity index (χ3n) is 8.03. The summed E-state index contributed by atoms with van der Waals surface area (Å²) >= 11 is 0. The van der Waals surface area contributed by atoms with E-state index in [1.54, 1.807) is 12.1 Å². The molecule has 2 aromatic rings. The predicted molar refractivity (Wildman–Crippen MR) is 135 cm³/mol. The van der Waals surface area contributed by atoms with Crippen LogP contribution < -0.4 is 4.74 Å². The van der Waals surface area contributed by atoms with Crippen molar-refractivity contribution >= 4 is 11.8 Å². The molecular formula is C29H35FN2O4. The maximum Gasteiger partial charge on any atom is 0.257 e. The molecule has 2 saturated heterocycles. The minimum atomic E-state index is -0.399. The van der Waals surface area contributed by atoms with Crippen molar-refractivity contribution in [3.05, 3.63) is 65.5 Å². The largest absolute Gasteiger partial charge is 0.492 e. The van der Waals surface area contributed by atoms with E-state index in [-0.39, 0.29) is 23.3 Å². The van der Waals surface area contributed by atoms with E-state index in [1.807, 2.05) is 34.1 Å². The molecule has 192 valence electrons. The second kappa shape index (κ2) is 11.0. The lowest BCUT2D eigenvalue weighted by Crippen LogP contribution is -2.45. The molecule has 3 heterocycles. The first kappa shape index (κ1) is 24.8. The number of carbonyl (C=O) groups is 2. The van der Waals surface area contributed by atoms with Crippen LogP contribution >= 0.6 is 0 Å². The molecule has 0 radical (unpaired) electrons. The first-order chi connectivity index (χ1) is 17.5. The van der Waals surface area contributed by atoms with E-state index in [1.165, 1.54) is 12.1 Å². The molecular weight excluding hydrogens is 459 g/mol. The summed E-state index contributed by atoms with van der Waals surface area (Å²) in [5, 5.41) is 0. The number of carbonyl (C=O) groups excluding carboxylic acids is 2. The number of halogens is 1. The number of piperidine rings is 1. The molecule has 3 aliphatic rings. The standard InChI is InChI=1S/C29H35FN2O4/c30-23-8-5-7-22(19-23)27(33)31-16-13-29(14-17-31)12-3-4-18-35-20-24-9-6-15-32(24)28(34)25-10-1-2-11-26(25)36-21-29/h1-2,5,7-8,10-11,19,24H,3-4,6,9,12-18,20-21H2/t24-/m0/s1. The zero-order valence-corrected chi connectivity index (χ0v) is 20.8. The molecule has 0 unspecified atom stereocenters. The third kappa shape index (κ3) is 5.41. The fourth-order valence-electron chi connectivity index (χ4n) is 5.81. The molecule has 3 aliphatic heterocycles. The highest BCUT2D eigenvalue weighted by molar-refractivity contribution is 5.97. The lowest BCUT2D eigenvalue weighted by atomic mass is 9.75. The molecule has 0 aromatic heterocycles. The summed E-state index contributed by atoms with van der Waals surface area (Å²) in [6.45, 7) is 3.73. The van der Waals surface area contributed by atoms with Gasteiger partial charge < -0.3 is 19.3 Å². The molecule has 0 N–H and O–H groups in total. The number of ether oxygens (including phenoxy) is 2. The number of nitrogens with zero attached hydrogens (tertiary/aromatic N) is 2. The molecule has 7 heteroatoms. The Morgan fingerprint density at radius 3 is 2.64 bits per heavy atom. The summed E-state index contributed by atoms with van der Waals surface area (Å²) < 4.78 is 26.1. The van der Waals surface area contributed by atoms with Gasteiger partial charge in [0.25, 0.3) is 11.8 Å². The van der Waals surface area contributed by atoms with Gasteiger partial charge in [-0.25, -0.2) is 4.39 Å². The quantitative estimate of drug-likeness (QED) is 0.564. The average molecular weight is 495 g/mol. The van der Waals surface area contributed by atoms with Gasteiger partial charge in [-0.3, -0.25) is 9.59 Å². The van der Waals surface area contributed by atoms with E-state index < -0.39 is 5.82 Å². The van der Waals surface area contributed by atoms with Gasteiger partial charge in [-0.2, -0.15) is 0 Å². The number of para-hydroxylation sites is 1. The van der Waals surface area contributed by atoms with Gasteiger partial charge >= 0.3 is 0 Å². The fourth-order valence-corrected chi connectivity index (χ4v) is 5.81. The topological polar surface area (TPSA) is 59.1 Å². The molecule has 2 aromatic carbocycles. The van der Waals surface area contributed by atoms with Gasteiger partial charge in [0, 0.05) is 37.2 Å². The maximum absolute atomic E-state index is 13.6. The summed E-state index contributed by atoms with van der Waals surface area (Å²) in [4.78, 5) is 30.2. The Hall–Kier alpha value is -2.93. The molecule has 2 fully saturated rings. The number of hydrogen-bond acceptors (Lipinski definition) is 4. The van der Waals surface area contributed by atoms with Crippen molar-refractivity contribution in [3.8, 4) is 5.75 Å². The number of fused-ring (bicyclic) bond motifs is 2. The van der Waals surface area contributed by atoms with Crippen LogP contribution in [0, 0.1) is 11.2 Å². The Balaban J connectivity index is 1.32. The van der Waals surface area contributed by atoms with E-state index in [2.05, 4.69) is 0 Å². The number of rotatable bonds is 1. The highest BCUT2D eigenvalue weighted by atomic mass is 19.1. The molecule has 6 nitrogen and oxygen atoms in total. The van der Waals surface area contributed by atoms with E-state index >= 15 is 0 Å².